The molecule has 25 heavy (non-hydrogen) atoms. The zero-order valence-electron chi connectivity index (χ0n) is 14.1. The van der Waals surface area contributed by atoms with E-state index in [1.165, 1.54) is 13.3 Å². The predicted octanol–water partition coefficient (Wildman–Crippen LogP) is 2.54. The van der Waals surface area contributed by atoms with Crippen molar-refractivity contribution >= 4 is 29.0 Å². The highest BCUT2D eigenvalue weighted by atomic mass is 35.5. The second-order valence-corrected chi connectivity index (χ2v) is 6.02. The molecule has 0 unspecified atom stereocenters. The molecule has 1 aliphatic rings. The van der Waals surface area contributed by atoms with Gasteiger partial charge >= 0.3 is 0 Å². The van der Waals surface area contributed by atoms with Crippen LogP contribution in [-0.4, -0.2) is 49.3 Å². The Bertz CT molecular complexity index is 761. The third-order valence-electron chi connectivity index (χ3n) is 3.93. The van der Waals surface area contributed by atoms with Crippen molar-refractivity contribution in [2.75, 3.05) is 43.6 Å². The van der Waals surface area contributed by atoms with E-state index in [2.05, 4.69) is 20.2 Å². The summed E-state index contributed by atoms with van der Waals surface area (Å²) in [6, 6.07) is 3.42. The first-order valence-corrected chi connectivity index (χ1v) is 8.26. The fourth-order valence-electron chi connectivity index (χ4n) is 2.51. The first-order chi connectivity index (χ1) is 12.1. The highest BCUT2D eigenvalue weighted by Gasteiger charge is 2.16. The third kappa shape index (κ3) is 4.00. The Morgan fingerprint density at radius 2 is 2.04 bits per heavy atom. The smallest absolute Gasteiger partial charge is 0.275 e. The Labute approximate surface area is 150 Å². The van der Waals surface area contributed by atoms with Crippen LogP contribution >= 0.6 is 11.6 Å². The topological polar surface area (TPSA) is 76.6 Å². The molecule has 1 aromatic heterocycles. The lowest BCUT2D eigenvalue weighted by molar-refractivity contribution is 0.102. The van der Waals surface area contributed by atoms with Crippen molar-refractivity contribution in [3.63, 3.8) is 0 Å². The predicted molar refractivity (Wildman–Crippen MR) is 95.8 cm³/mol. The van der Waals surface area contributed by atoms with Gasteiger partial charge in [-0.25, -0.2) is 9.97 Å². The Morgan fingerprint density at radius 3 is 2.68 bits per heavy atom. The highest BCUT2D eigenvalue weighted by Crippen LogP contribution is 2.31. The molecule has 1 aromatic carbocycles. The maximum atomic E-state index is 12.4. The van der Waals surface area contributed by atoms with E-state index in [0.29, 0.717) is 29.7 Å². The summed E-state index contributed by atoms with van der Waals surface area (Å²) in [7, 11) is 1.52. The quantitative estimate of drug-likeness (QED) is 0.900. The fraction of sp³-hybridized carbons (Fsp3) is 0.353. The van der Waals surface area contributed by atoms with Crippen LogP contribution in [0, 0.1) is 6.92 Å². The lowest BCUT2D eigenvalue weighted by Crippen LogP contribution is -2.36. The van der Waals surface area contributed by atoms with E-state index in [9.17, 15) is 4.79 Å². The van der Waals surface area contributed by atoms with Gasteiger partial charge in [0.2, 0.25) is 0 Å². The van der Waals surface area contributed by atoms with Gasteiger partial charge in [0.25, 0.3) is 5.91 Å². The molecule has 0 aliphatic carbocycles. The zero-order chi connectivity index (χ0) is 17.8. The van der Waals surface area contributed by atoms with Crippen LogP contribution in [0.2, 0.25) is 5.02 Å². The summed E-state index contributed by atoms with van der Waals surface area (Å²) >= 11 is 6.08. The number of carbonyl (C=O) groups is 1. The lowest BCUT2D eigenvalue weighted by atomic mass is 10.2. The molecular weight excluding hydrogens is 344 g/mol. The molecule has 2 aromatic rings. The summed E-state index contributed by atoms with van der Waals surface area (Å²) in [5, 5.41) is 3.36. The monoisotopic (exact) mass is 362 g/mol. The second kappa shape index (κ2) is 7.67. The number of nitrogens with one attached hydrogen (secondary N) is 1. The molecule has 132 valence electrons. The number of benzene rings is 1. The van der Waals surface area contributed by atoms with E-state index in [4.69, 9.17) is 21.1 Å². The second-order valence-electron chi connectivity index (χ2n) is 5.62. The molecule has 0 spiro atoms. The Morgan fingerprint density at radius 1 is 1.28 bits per heavy atom. The third-order valence-corrected chi connectivity index (χ3v) is 4.34. The van der Waals surface area contributed by atoms with Crippen LogP contribution in [0.3, 0.4) is 0 Å². The summed E-state index contributed by atoms with van der Waals surface area (Å²) in [5.41, 5.74) is 1.60. The van der Waals surface area contributed by atoms with Crippen molar-refractivity contribution in [2.45, 2.75) is 6.92 Å². The number of nitrogens with zero attached hydrogens (tertiary/aromatic N) is 3. The molecule has 0 radical (unpaired) electrons. The first-order valence-electron chi connectivity index (χ1n) is 7.88. The number of halogens is 1. The summed E-state index contributed by atoms with van der Waals surface area (Å²) in [6.45, 7) is 4.72. The summed E-state index contributed by atoms with van der Waals surface area (Å²) < 4.78 is 10.6. The van der Waals surface area contributed by atoms with Gasteiger partial charge in [-0.15, -0.1) is 0 Å². The first kappa shape index (κ1) is 17.4. The number of hydrogen-bond donors (Lipinski definition) is 1. The highest BCUT2D eigenvalue weighted by molar-refractivity contribution is 6.31. The van der Waals surface area contributed by atoms with Crippen LogP contribution in [0.1, 0.15) is 16.1 Å². The van der Waals surface area contributed by atoms with Gasteiger partial charge in [-0.2, -0.15) is 0 Å². The van der Waals surface area contributed by atoms with Crippen molar-refractivity contribution in [3.05, 3.63) is 40.8 Å². The minimum Gasteiger partial charge on any atom is -0.495 e. The molecule has 0 atom stereocenters. The Hall–Kier alpha value is -2.38. The van der Waals surface area contributed by atoms with Gasteiger partial charge in [0.15, 0.2) is 0 Å². The van der Waals surface area contributed by atoms with Crippen molar-refractivity contribution in [3.8, 4) is 5.75 Å². The standard InChI is InChI=1S/C17H19ClN4O3/c1-11-7-13(15(24-2)8-12(11)18)21-17(23)14-9-20-16(10-19-14)22-3-5-25-6-4-22/h7-10H,3-6H2,1-2H3,(H,21,23). The number of amides is 1. The van der Waals surface area contributed by atoms with Crippen molar-refractivity contribution < 1.29 is 14.3 Å². The van der Waals surface area contributed by atoms with Gasteiger partial charge in [-0.1, -0.05) is 11.6 Å². The minimum absolute atomic E-state index is 0.228. The molecule has 7 nitrogen and oxygen atoms in total. The molecule has 8 heteroatoms. The molecule has 1 amide bonds. The number of morpholine rings is 1. The molecule has 2 heterocycles. The average Bonchev–Trinajstić information content (AvgIpc) is 2.65. The van der Waals surface area contributed by atoms with Gasteiger partial charge < -0.3 is 19.7 Å². The van der Waals surface area contributed by atoms with Gasteiger partial charge in [0, 0.05) is 24.2 Å². The van der Waals surface area contributed by atoms with Gasteiger partial charge in [0.05, 0.1) is 38.4 Å². The summed E-state index contributed by atoms with van der Waals surface area (Å²) in [4.78, 5) is 23.1. The molecule has 1 saturated heterocycles. The Balaban J connectivity index is 1.74. The van der Waals surface area contributed by atoms with E-state index in [-0.39, 0.29) is 11.6 Å². The molecular formula is C17H19ClN4O3. The van der Waals surface area contributed by atoms with E-state index < -0.39 is 0 Å². The van der Waals surface area contributed by atoms with Crippen molar-refractivity contribution in [1.82, 2.24) is 9.97 Å². The van der Waals surface area contributed by atoms with Crippen LogP contribution in [0.15, 0.2) is 24.5 Å². The van der Waals surface area contributed by atoms with E-state index in [1.807, 2.05) is 6.92 Å². The molecule has 3 rings (SSSR count). The minimum atomic E-state index is -0.360. The summed E-state index contributed by atoms with van der Waals surface area (Å²) in [6.07, 6.45) is 3.07. The van der Waals surface area contributed by atoms with Gasteiger partial charge in [0.1, 0.15) is 17.3 Å². The lowest BCUT2D eigenvalue weighted by Gasteiger charge is -2.27. The number of hydrogen-bond acceptors (Lipinski definition) is 6. The van der Waals surface area contributed by atoms with Gasteiger partial charge in [-0.05, 0) is 18.6 Å². The largest absolute Gasteiger partial charge is 0.495 e. The number of methoxy groups -OCH3 is 1. The molecule has 0 bridgehead atoms. The van der Waals surface area contributed by atoms with Crippen LogP contribution in [0.5, 0.6) is 5.75 Å². The number of carbonyl (C=O) groups excluding carboxylic acids is 1. The summed E-state index contributed by atoms with van der Waals surface area (Å²) in [5.74, 6) is 0.864. The van der Waals surface area contributed by atoms with E-state index >= 15 is 0 Å². The van der Waals surface area contributed by atoms with Crippen LogP contribution < -0.4 is 15.0 Å². The van der Waals surface area contributed by atoms with E-state index in [1.54, 1.807) is 18.3 Å². The number of aryl methyl sites for hydroxylation is 1. The van der Waals surface area contributed by atoms with Crippen molar-refractivity contribution in [1.29, 1.82) is 0 Å². The number of ether oxygens (including phenoxy) is 2. The van der Waals surface area contributed by atoms with Crippen LogP contribution in [0.4, 0.5) is 11.5 Å². The zero-order valence-corrected chi connectivity index (χ0v) is 14.8. The number of anilines is 2. The molecule has 1 fully saturated rings. The normalized spacial score (nSPS) is 14.3. The van der Waals surface area contributed by atoms with Crippen LogP contribution in [0.25, 0.3) is 0 Å². The SMILES string of the molecule is COc1cc(Cl)c(C)cc1NC(=O)c1cnc(N2CCOCC2)cn1. The Kier molecular flexibility index (Phi) is 5.35. The number of aromatic nitrogens is 2. The maximum absolute atomic E-state index is 12.4. The molecule has 0 saturated carbocycles. The fourth-order valence-corrected chi connectivity index (χ4v) is 2.66. The maximum Gasteiger partial charge on any atom is 0.275 e. The van der Waals surface area contributed by atoms with E-state index in [0.717, 1.165) is 24.5 Å². The number of rotatable bonds is 4. The molecule has 1 aliphatic heterocycles. The molecule has 1 N–H and O–H groups in total. The van der Waals surface area contributed by atoms with Crippen LogP contribution in [-0.2, 0) is 4.74 Å². The van der Waals surface area contributed by atoms with Crippen molar-refractivity contribution in [2.24, 2.45) is 0 Å². The average molecular weight is 363 g/mol. The van der Waals surface area contributed by atoms with Gasteiger partial charge in [-0.3, -0.25) is 4.79 Å².